The highest BCUT2D eigenvalue weighted by Crippen LogP contribution is 2.51. The third-order valence-electron chi connectivity index (χ3n) is 5.52. The fraction of sp³-hybridized carbons (Fsp3) is 0.346. The smallest absolute Gasteiger partial charge is 0.188 e. The standard InChI is InChI=1S/C26H33N2O2P/c1-5-15-26(6-2,23-18-21(3)13-14-24(23)30-20-29-4)31-25-12-8-7-11-22(25)19-27-28-16-9-10-17-28/h7-14,16-19,31H,5-6,15,20H2,1-4H3/b27-19+. The Bertz CT molecular complexity index is 985. The highest BCUT2D eigenvalue weighted by atomic mass is 31.1. The number of benzene rings is 2. The number of methoxy groups -OCH3 is 1. The van der Waals surface area contributed by atoms with Crippen molar-refractivity contribution in [3.63, 3.8) is 0 Å². The van der Waals surface area contributed by atoms with Crippen LogP contribution < -0.4 is 10.0 Å². The van der Waals surface area contributed by atoms with E-state index in [9.17, 15) is 0 Å². The number of rotatable bonds is 11. The van der Waals surface area contributed by atoms with Crippen LogP contribution in [0.1, 0.15) is 49.8 Å². The average Bonchev–Trinajstić information content (AvgIpc) is 3.31. The summed E-state index contributed by atoms with van der Waals surface area (Å²) in [6.45, 7) is 6.96. The fourth-order valence-electron chi connectivity index (χ4n) is 3.93. The molecule has 164 valence electrons. The Morgan fingerprint density at radius 1 is 1.06 bits per heavy atom. The molecule has 0 aliphatic rings. The molecule has 3 aromatic rings. The first-order valence-electron chi connectivity index (χ1n) is 10.9. The van der Waals surface area contributed by atoms with Gasteiger partial charge in [-0.1, -0.05) is 70.8 Å². The van der Waals surface area contributed by atoms with Gasteiger partial charge in [0.1, 0.15) is 5.75 Å². The van der Waals surface area contributed by atoms with Crippen LogP contribution in [0.2, 0.25) is 0 Å². The van der Waals surface area contributed by atoms with Crippen LogP contribution in [0.4, 0.5) is 0 Å². The minimum absolute atomic E-state index is 0.00123. The first-order valence-corrected chi connectivity index (χ1v) is 11.9. The molecule has 0 N–H and O–H groups in total. The molecule has 2 aromatic carbocycles. The predicted octanol–water partition coefficient (Wildman–Crippen LogP) is 6.07. The Kier molecular flexibility index (Phi) is 8.45. The van der Waals surface area contributed by atoms with Gasteiger partial charge in [0.2, 0.25) is 0 Å². The van der Waals surface area contributed by atoms with E-state index >= 15 is 0 Å². The zero-order valence-corrected chi connectivity index (χ0v) is 20.0. The van der Waals surface area contributed by atoms with Gasteiger partial charge < -0.3 is 9.47 Å². The fourth-order valence-corrected chi connectivity index (χ4v) is 5.79. The number of hydrogen-bond donors (Lipinski definition) is 0. The largest absolute Gasteiger partial charge is 0.467 e. The normalized spacial score (nSPS) is 13.8. The quantitative estimate of drug-likeness (QED) is 0.208. The topological polar surface area (TPSA) is 35.8 Å². The Balaban J connectivity index is 2.03. The molecule has 0 aliphatic heterocycles. The van der Waals surface area contributed by atoms with E-state index in [4.69, 9.17) is 9.47 Å². The molecule has 2 atom stereocenters. The van der Waals surface area contributed by atoms with E-state index in [0.717, 1.165) is 30.6 Å². The molecule has 2 unspecified atom stereocenters. The van der Waals surface area contributed by atoms with Crippen molar-refractivity contribution in [2.24, 2.45) is 5.10 Å². The van der Waals surface area contributed by atoms with Crippen LogP contribution in [-0.4, -0.2) is 24.8 Å². The van der Waals surface area contributed by atoms with Crippen molar-refractivity contribution in [1.29, 1.82) is 0 Å². The first-order chi connectivity index (χ1) is 15.1. The maximum absolute atomic E-state index is 6.01. The second kappa shape index (κ2) is 11.3. The van der Waals surface area contributed by atoms with Crippen LogP contribution in [0.5, 0.6) is 5.75 Å². The molecule has 3 rings (SSSR count). The van der Waals surface area contributed by atoms with Crippen molar-refractivity contribution < 1.29 is 9.47 Å². The minimum Gasteiger partial charge on any atom is -0.467 e. The van der Waals surface area contributed by atoms with Crippen molar-refractivity contribution in [2.45, 2.75) is 45.2 Å². The zero-order chi connectivity index (χ0) is 22.1. The van der Waals surface area contributed by atoms with Crippen molar-refractivity contribution in [3.8, 4) is 5.75 Å². The molecule has 0 aliphatic carbocycles. The second-order valence-electron chi connectivity index (χ2n) is 7.76. The summed E-state index contributed by atoms with van der Waals surface area (Å²) in [7, 11) is 2.26. The van der Waals surface area contributed by atoms with E-state index in [1.165, 1.54) is 16.4 Å². The first kappa shape index (κ1) is 23.2. The summed E-state index contributed by atoms with van der Waals surface area (Å²) in [6, 6.07) is 19.1. The van der Waals surface area contributed by atoms with E-state index in [1.54, 1.807) is 7.11 Å². The molecule has 31 heavy (non-hydrogen) atoms. The maximum Gasteiger partial charge on any atom is 0.188 e. The van der Waals surface area contributed by atoms with Gasteiger partial charge in [-0.05, 0) is 43.3 Å². The van der Waals surface area contributed by atoms with Gasteiger partial charge in [0.15, 0.2) is 6.79 Å². The molecule has 1 aromatic heterocycles. The zero-order valence-electron chi connectivity index (χ0n) is 19.0. The Labute approximate surface area is 188 Å². The van der Waals surface area contributed by atoms with Crippen molar-refractivity contribution in [3.05, 3.63) is 83.7 Å². The van der Waals surface area contributed by atoms with Crippen LogP contribution in [0, 0.1) is 6.92 Å². The number of aryl methyl sites for hydroxylation is 1. The van der Waals surface area contributed by atoms with Crippen molar-refractivity contribution >= 4 is 20.1 Å². The molecule has 0 saturated carbocycles. The highest BCUT2D eigenvalue weighted by molar-refractivity contribution is 7.48. The summed E-state index contributed by atoms with van der Waals surface area (Å²) in [5.74, 6) is 0.925. The summed E-state index contributed by atoms with van der Waals surface area (Å²) >= 11 is 0. The van der Waals surface area contributed by atoms with Gasteiger partial charge in [-0.25, -0.2) is 4.68 Å². The molecule has 4 nitrogen and oxygen atoms in total. The molecular weight excluding hydrogens is 403 g/mol. The lowest BCUT2D eigenvalue weighted by molar-refractivity contribution is 0.0499. The molecule has 1 heterocycles. The van der Waals surface area contributed by atoms with E-state index in [1.807, 2.05) is 35.4 Å². The van der Waals surface area contributed by atoms with Crippen molar-refractivity contribution in [2.75, 3.05) is 13.9 Å². The van der Waals surface area contributed by atoms with Crippen LogP contribution >= 0.6 is 8.58 Å². The lowest BCUT2D eigenvalue weighted by Crippen LogP contribution is -2.25. The van der Waals surface area contributed by atoms with Gasteiger partial charge >= 0.3 is 0 Å². The molecule has 5 heteroatoms. The Hall–Kier alpha value is -2.42. The predicted molar refractivity (Wildman–Crippen MR) is 132 cm³/mol. The van der Waals surface area contributed by atoms with E-state index < -0.39 is 0 Å². The monoisotopic (exact) mass is 436 g/mol. The molecular formula is C26H33N2O2P. The summed E-state index contributed by atoms with van der Waals surface area (Å²) in [6.07, 6.45) is 9.10. The third kappa shape index (κ3) is 5.84. The number of nitrogens with zero attached hydrogens (tertiary/aromatic N) is 2. The average molecular weight is 437 g/mol. The van der Waals surface area contributed by atoms with Gasteiger partial charge in [0.25, 0.3) is 0 Å². The van der Waals surface area contributed by atoms with E-state index in [2.05, 4.69) is 68.3 Å². The summed E-state index contributed by atoms with van der Waals surface area (Å²) < 4.78 is 13.0. The number of ether oxygens (including phenoxy) is 2. The lowest BCUT2D eigenvalue weighted by atomic mass is 9.89. The van der Waals surface area contributed by atoms with E-state index in [0.29, 0.717) is 8.58 Å². The summed E-state index contributed by atoms with van der Waals surface area (Å²) in [5.41, 5.74) is 3.70. The molecule has 0 spiro atoms. The Morgan fingerprint density at radius 3 is 2.55 bits per heavy atom. The number of hydrogen-bond acceptors (Lipinski definition) is 3. The van der Waals surface area contributed by atoms with Crippen LogP contribution in [0.25, 0.3) is 0 Å². The lowest BCUT2D eigenvalue weighted by Gasteiger charge is -2.35. The summed E-state index contributed by atoms with van der Waals surface area (Å²) in [4.78, 5) is 0. The maximum atomic E-state index is 6.01. The molecule has 0 saturated heterocycles. The van der Waals surface area contributed by atoms with Gasteiger partial charge in [-0.3, -0.25) is 0 Å². The van der Waals surface area contributed by atoms with Crippen molar-refractivity contribution in [1.82, 2.24) is 4.68 Å². The SMILES string of the molecule is CCCC(CC)(Pc1ccccc1/C=N/n1cccc1)c1cc(C)ccc1OCOC. The minimum atomic E-state index is 0.00123. The molecule has 0 bridgehead atoms. The van der Waals surface area contributed by atoms with Crippen LogP contribution in [-0.2, 0) is 9.89 Å². The molecule has 0 fully saturated rings. The Morgan fingerprint density at radius 2 is 1.84 bits per heavy atom. The van der Waals surface area contributed by atoms with E-state index in [-0.39, 0.29) is 11.9 Å². The van der Waals surface area contributed by atoms with Gasteiger partial charge in [-0.15, -0.1) is 0 Å². The third-order valence-corrected chi connectivity index (χ3v) is 7.59. The van der Waals surface area contributed by atoms with Gasteiger partial charge in [0.05, 0.1) is 6.21 Å². The van der Waals surface area contributed by atoms with Gasteiger partial charge in [0, 0.05) is 35.8 Å². The number of aromatic nitrogens is 1. The van der Waals surface area contributed by atoms with Crippen LogP contribution in [0.3, 0.4) is 0 Å². The van der Waals surface area contributed by atoms with Gasteiger partial charge in [-0.2, -0.15) is 5.10 Å². The summed E-state index contributed by atoms with van der Waals surface area (Å²) in [5, 5.41) is 5.93. The van der Waals surface area contributed by atoms with Crippen LogP contribution in [0.15, 0.2) is 72.1 Å². The molecule has 0 amide bonds. The second-order valence-corrected chi connectivity index (χ2v) is 9.50. The highest BCUT2D eigenvalue weighted by Gasteiger charge is 2.33. The molecule has 0 radical (unpaired) electrons.